The fourth-order valence-electron chi connectivity index (χ4n) is 6.52. The molecule has 2 fully saturated rings. The van der Waals surface area contributed by atoms with E-state index in [0.717, 1.165) is 6.07 Å². The number of aryl methyl sites for hydroxylation is 1. The first-order valence-electron chi connectivity index (χ1n) is 15.9. The maximum Gasteiger partial charge on any atom is 0.417 e. The van der Waals surface area contributed by atoms with Gasteiger partial charge in [-0.2, -0.15) is 13.2 Å². The second-order valence-electron chi connectivity index (χ2n) is 14.2. The molecule has 2 saturated heterocycles. The summed E-state index contributed by atoms with van der Waals surface area (Å²) in [7, 11) is 5.23. The summed E-state index contributed by atoms with van der Waals surface area (Å²) in [4.78, 5) is 22.8. The summed E-state index contributed by atoms with van der Waals surface area (Å²) in [5.74, 6) is 5.96. The van der Waals surface area contributed by atoms with Crippen molar-refractivity contribution < 1.29 is 31.8 Å². The molecular formula is C34H45F4N7O3. The Bertz CT molecular complexity index is 1710. The smallest absolute Gasteiger partial charge is 0.417 e. The van der Waals surface area contributed by atoms with Crippen molar-refractivity contribution >= 4 is 34.2 Å². The number of likely N-dealkylation sites (N-methyl/N-ethyl adjacent to an activating group) is 1. The minimum atomic E-state index is -4.95. The summed E-state index contributed by atoms with van der Waals surface area (Å²) in [6.07, 6.45) is -4.65. The molecule has 3 aromatic rings. The number of hydrogen-bond acceptors (Lipinski definition) is 9. The first-order valence-corrected chi connectivity index (χ1v) is 15.9. The van der Waals surface area contributed by atoms with E-state index in [1.165, 1.54) is 18.2 Å². The number of anilines is 3. The SMILES string of the molecule is COc1c(C)cccc1-c1c(C(F)(F)F)cc2c(N(N)C3CCN(C(=O)OC(C)(C)C)CC3)c(N)c(N3CC(C)(N(C)C)C3)nc2c1F. The van der Waals surface area contributed by atoms with Crippen LogP contribution in [0.3, 0.4) is 0 Å². The first kappa shape index (κ1) is 35.3. The number of hydrogen-bond donors (Lipinski definition) is 2. The fourth-order valence-corrected chi connectivity index (χ4v) is 6.52. The van der Waals surface area contributed by atoms with Crippen LogP contribution in [0.25, 0.3) is 22.0 Å². The Kier molecular flexibility index (Phi) is 9.14. The zero-order chi connectivity index (χ0) is 35.5. The van der Waals surface area contributed by atoms with Gasteiger partial charge in [0, 0.05) is 48.7 Å². The van der Waals surface area contributed by atoms with E-state index in [9.17, 15) is 18.0 Å². The fraction of sp³-hybridized carbons (Fsp3) is 0.529. The molecule has 0 atom stereocenters. The highest BCUT2D eigenvalue weighted by atomic mass is 19.4. The summed E-state index contributed by atoms with van der Waals surface area (Å²) >= 11 is 0. The van der Waals surface area contributed by atoms with Crippen LogP contribution in [0, 0.1) is 12.7 Å². The number of methoxy groups -OCH3 is 1. The molecule has 5 rings (SSSR count). The van der Waals surface area contributed by atoms with Gasteiger partial charge in [0.15, 0.2) is 11.6 Å². The molecule has 10 nitrogen and oxygen atoms in total. The van der Waals surface area contributed by atoms with E-state index in [1.54, 1.807) is 44.7 Å². The molecular weight excluding hydrogens is 630 g/mol. The van der Waals surface area contributed by atoms with Gasteiger partial charge in [0.1, 0.15) is 22.6 Å². The molecule has 14 heteroatoms. The Balaban J connectivity index is 1.68. The molecule has 0 spiro atoms. The van der Waals surface area contributed by atoms with Gasteiger partial charge in [-0.25, -0.2) is 20.0 Å². The summed E-state index contributed by atoms with van der Waals surface area (Å²) < 4.78 is 72.5. The number of nitrogens with zero attached hydrogens (tertiary/aromatic N) is 5. The number of halogens is 4. The molecule has 2 aliphatic rings. The first-order chi connectivity index (χ1) is 22.3. The van der Waals surface area contributed by atoms with Crippen molar-refractivity contribution in [2.24, 2.45) is 5.84 Å². The van der Waals surface area contributed by atoms with Crippen molar-refractivity contribution in [2.75, 3.05) is 63.0 Å². The zero-order valence-corrected chi connectivity index (χ0v) is 28.8. The van der Waals surface area contributed by atoms with Crippen LogP contribution in [0.15, 0.2) is 24.3 Å². The van der Waals surface area contributed by atoms with Crippen LogP contribution in [0.1, 0.15) is 51.7 Å². The number of likely N-dealkylation sites (tertiary alicyclic amines) is 1. The third-order valence-corrected chi connectivity index (χ3v) is 9.41. The number of para-hydroxylation sites is 1. The highest BCUT2D eigenvalue weighted by Gasteiger charge is 2.44. The Hall–Kier alpha value is -4.04. The number of ether oxygens (including phenoxy) is 2. The normalized spacial score (nSPS) is 17.1. The van der Waals surface area contributed by atoms with Gasteiger partial charge in [0.05, 0.1) is 23.9 Å². The van der Waals surface area contributed by atoms with Crippen LogP contribution in [0.5, 0.6) is 5.75 Å². The highest BCUT2D eigenvalue weighted by molar-refractivity contribution is 6.04. The van der Waals surface area contributed by atoms with E-state index in [1.807, 2.05) is 19.0 Å². The third-order valence-electron chi connectivity index (χ3n) is 9.41. The molecule has 0 bridgehead atoms. The van der Waals surface area contributed by atoms with Crippen molar-refractivity contribution in [2.45, 2.75) is 70.8 Å². The lowest BCUT2D eigenvalue weighted by atomic mass is 9.90. The van der Waals surface area contributed by atoms with Gasteiger partial charge >= 0.3 is 12.3 Å². The maximum absolute atomic E-state index is 16.9. The van der Waals surface area contributed by atoms with Crippen LogP contribution in [0.2, 0.25) is 0 Å². The third kappa shape index (κ3) is 6.39. The number of benzene rings is 2. The van der Waals surface area contributed by atoms with Gasteiger partial charge in [0.25, 0.3) is 0 Å². The Labute approximate surface area is 278 Å². The largest absolute Gasteiger partial charge is 0.496 e. The molecule has 262 valence electrons. The molecule has 2 aliphatic heterocycles. The van der Waals surface area contributed by atoms with Gasteiger partial charge in [-0.05, 0) is 73.2 Å². The van der Waals surface area contributed by atoms with Gasteiger partial charge in [-0.3, -0.25) is 0 Å². The number of piperidine rings is 1. The minimum Gasteiger partial charge on any atom is -0.496 e. The Morgan fingerprint density at radius 1 is 1.12 bits per heavy atom. The summed E-state index contributed by atoms with van der Waals surface area (Å²) in [5.41, 5.74) is 4.30. The Morgan fingerprint density at radius 3 is 2.29 bits per heavy atom. The average Bonchev–Trinajstić information content (AvgIpc) is 2.97. The van der Waals surface area contributed by atoms with Crippen molar-refractivity contribution in [1.82, 2.24) is 14.8 Å². The number of amides is 1. The highest BCUT2D eigenvalue weighted by Crippen LogP contribution is 2.49. The number of nitrogens with two attached hydrogens (primary N) is 2. The molecule has 2 aromatic carbocycles. The number of carbonyl (C=O) groups is 1. The van der Waals surface area contributed by atoms with Crippen LogP contribution in [-0.2, 0) is 10.9 Å². The summed E-state index contributed by atoms with van der Waals surface area (Å²) in [6.45, 7) is 10.7. The van der Waals surface area contributed by atoms with Crippen LogP contribution in [-0.4, -0.2) is 85.4 Å². The molecule has 1 amide bonds. The minimum absolute atomic E-state index is 0.0470. The predicted octanol–water partition coefficient (Wildman–Crippen LogP) is 6.18. The van der Waals surface area contributed by atoms with Crippen molar-refractivity contribution in [3.63, 3.8) is 0 Å². The molecule has 48 heavy (non-hydrogen) atoms. The average molecular weight is 676 g/mol. The lowest BCUT2D eigenvalue weighted by molar-refractivity contribution is -0.137. The number of rotatable bonds is 6. The summed E-state index contributed by atoms with van der Waals surface area (Å²) in [6, 6.07) is 5.08. The lowest BCUT2D eigenvalue weighted by Crippen LogP contribution is -2.67. The number of nitrogen functional groups attached to an aromatic ring is 1. The van der Waals surface area contributed by atoms with E-state index in [-0.39, 0.29) is 44.9 Å². The maximum atomic E-state index is 16.9. The van der Waals surface area contributed by atoms with E-state index >= 15 is 4.39 Å². The quantitative estimate of drug-likeness (QED) is 0.180. The zero-order valence-electron chi connectivity index (χ0n) is 28.8. The lowest BCUT2D eigenvalue weighted by Gasteiger charge is -2.52. The van der Waals surface area contributed by atoms with E-state index in [4.69, 9.17) is 21.1 Å². The topological polar surface area (TPSA) is 113 Å². The number of fused-ring (bicyclic) bond motifs is 1. The standard InChI is InChI=1S/C34H45F4N7O3/c1-19-10-9-11-21(29(19)47-8)24-23(34(36,37)38)16-22-27(25(24)35)41-30(44-17-33(5,18-44)42(6)7)26(39)28(22)45(40)20-12-14-43(15-13-20)31(46)48-32(2,3)4/h9-11,16,20H,12-15,17-18,39-40H2,1-8H3. The molecule has 0 radical (unpaired) electrons. The molecule has 4 N–H and O–H groups in total. The second kappa shape index (κ2) is 12.4. The van der Waals surface area contributed by atoms with Gasteiger partial charge in [0.2, 0.25) is 0 Å². The van der Waals surface area contributed by atoms with Crippen LogP contribution in [0.4, 0.5) is 39.5 Å². The number of carbonyl (C=O) groups excluding carboxylic acids is 1. The van der Waals surface area contributed by atoms with Crippen molar-refractivity contribution in [1.29, 1.82) is 0 Å². The second-order valence-corrected chi connectivity index (χ2v) is 14.2. The molecule has 3 heterocycles. The van der Waals surface area contributed by atoms with Crippen LogP contribution >= 0.6 is 0 Å². The molecule has 0 saturated carbocycles. The molecule has 1 aromatic heterocycles. The molecule has 0 unspecified atom stereocenters. The number of alkyl halides is 3. The van der Waals surface area contributed by atoms with Crippen molar-refractivity contribution in [3.05, 3.63) is 41.2 Å². The van der Waals surface area contributed by atoms with Crippen molar-refractivity contribution in [3.8, 4) is 16.9 Å². The summed E-state index contributed by atoms with van der Waals surface area (Å²) in [5, 5.41) is 1.16. The van der Waals surface area contributed by atoms with E-state index in [0.29, 0.717) is 44.6 Å². The van der Waals surface area contributed by atoms with Gasteiger partial charge in [-0.15, -0.1) is 0 Å². The van der Waals surface area contributed by atoms with E-state index in [2.05, 4.69) is 16.8 Å². The van der Waals surface area contributed by atoms with E-state index < -0.39 is 40.9 Å². The molecule has 0 aliphatic carbocycles. The number of aromatic nitrogens is 1. The predicted molar refractivity (Wildman–Crippen MR) is 180 cm³/mol. The van der Waals surface area contributed by atoms with Crippen LogP contribution < -0.4 is 26.2 Å². The number of hydrazine groups is 1. The van der Waals surface area contributed by atoms with Gasteiger partial charge in [-0.1, -0.05) is 18.2 Å². The Morgan fingerprint density at radius 2 is 1.75 bits per heavy atom. The monoisotopic (exact) mass is 675 g/mol. The van der Waals surface area contributed by atoms with Gasteiger partial charge < -0.3 is 34.9 Å². The number of pyridine rings is 1.